The number of hydrogen-bond acceptors (Lipinski definition) is 4. The molecule has 1 N–H and O–H groups in total. The first-order valence-electron chi connectivity index (χ1n) is 6.05. The van der Waals surface area contributed by atoms with Crippen molar-refractivity contribution < 1.29 is 12.9 Å². The summed E-state index contributed by atoms with van der Waals surface area (Å²) in [5, 5.41) is 3.85. The predicted molar refractivity (Wildman–Crippen MR) is 85.2 cm³/mol. The number of benzene rings is 1. The molecule has 0 saturated carbocycles. The zero-order chi connectivity index (χ0) is 15.8. The van der Waals surface area contributed by atoms with Gasteiger partial charge in [0, 0.05) is 16.0 Å². The van der Waals surface area contributed by atoms with Crippen LogP contribution in [0.2, 0.25) is 5.02 Å². The molecule has 114 valence electrons. The van der Waals surface area contributed by atoms with Crippen LogP contribution in [0.4, 0.5) is 5.82 Å². The summed E-state index contributed by atoms with van der Waals surface area (Å²) in [6.07, 6.45) is 0. The lowest BCUT2D eigenvalue weighted by molar-refractivity contribution is 0.331. The third kappa shape index (κ3) is 3.59. The Labute approximate surface area is 136 Å². The molecule has 0 radical (unpaired) electrons. The second kappa shape index (κ2) is 5.62. The molecule has 0 aliphatic heterocycles. The first kappa shape index (κ1) is 16.3. The normalized spacial score (nSPS) is 12.4. The van der Waals surface area contributed by atoms with Crippen molar-refractivity contribution in [1.82, 2.24) is 5.16 Å². The number of aromatic nitrogens is 1. The standard InChI is InChI=1S/C13H14BrClN2O3S/c1-13(2,3)10-7-11(16-20-10)17-21(18,19)12-8(14)5-4-6-9(12)15/h4-7H,1-3H3,(H,16,17). The molecule has 0 bridgehead atoms. The summed E-state index contributed by atoms with van der Waals surface area (Å²) in [5.41, 5.74) is -0.262. The van der Waals surface area contributed by atoms with E-state index < -0.39 is 10.0 Å². The number of sulfonamides is 1. The van der Waals surface area contributed by atoms with Crippen LogP contribution < -0.4 is 4.72 Å². The van der Waals surface area contributed by atoms with Crippen molar-refractivity contribution in [2.75, 3.05) is 4.72 Å². The highest BCUT2D eigenvalue weighted by Crippen LogP contribution is 2.31. The minimum Gasteiger partial charge on any atom is -0.359 e. The van der Waals surface area contributed by atoms with Crippen LogP contribution in [0.3, 0.4) is 0 Å². The van der Waals surface area contributed by atoms with E-state index in [9.17, 15) is 8.42 Å². The molecule has 1 aromatic carbocycles. The van der Waals surface area contributed by atoms with Crippen LogP contribution in [0.5, 0.6) is 0 Å². The Hall–Kier alpha value is -1.05. The van der Waals surface area contributed by atoms with Gasteiger partial charge in [-0.15, -0.1) is 0 Å². The van der Waals surface area contributed by atoms with Crippen molar-refractivity contribution in [2.45, 2.75) is 31.1 Å². The Morgan fingerprint density at radius 1 is 1.33 bits per heavy atom. The maximum Gasteiger partial charge on any atom is 0.265 e. The van der Waals surface area contributed by atoms with Crippen LogP contribution in [-0.4, -0.2) is 13.6 Å². The van der Waals surface area contributed by atoms with Crippen LogP contribution in [0.25, 0.3) is 0 Å². The SMILES string of the molecule is CC(C)(C)c1cc(NS(=O)(=O)c2c(Cl)cccc2Br)no1. The fraction of sp³-hybridized carbons (Fsp3) is 0.308. The number of anilines is 1. The Bertz CT molecular complexity index is 746. The van der Waals surface area contributed by atoms with Crippen LogP contribution in [0, 0.1) is 0 Å². The first-order valence-corrected chi connectivity index (χ1v) is 8.71. The van der Waals surface area contributed by atoms with Gasteiger partial charge in [0.15, 0.2) is 5.82 Å². The summed E-state index contributed by atoms with van der Waals surface area (Å²) in [5.74, 6) is 0.699. The zero-order valence-electron chi connectivity index (χ0n) is 11.6. The molecule has 5 nitrogen and oxygen atoms in total. The smallest absolute Gasteiger partial charge is 0.265 e. The van der Waals surface area contributed by atoms with Gasteiger partial charge in [0.25, 0.3) is 10.0 Å². The van der Waals surface area contributed by atoms with Crippen LogP contribution in [0.15, 0.2) is 38.2 Å². The molecule has 0 atom stereocenters. The van der Waals surface area contributed by atoms with Crippen molar-refractivity contribution in [3.8, 4) is 0 Å². The molecule has 0 amide bonds. The lowest BCUT2D eigenvalue weighted by atomic mass is 9.93. The molecule has 1 aromatic heterocycles. The van der Waals surface area contributed by atoms with Gasteiger partial charge in [-0.2, -0.15) is 0 Å². The van der Waals surface area contributed by atoms with Crippen LogP contribution >= 0.6 is 27.5 Å². The molecule has 0 saturated heterocycles. The second-order valence-corrected chi connectivity index (χ2v) is 8.36. The highest BCUT2D eigenvalue weighted by Gasteiger charge is 2.25. The third-order valence-electron chi connectivity index (χ3n) is 2.68. The van der Waals surface area contributed by atoms with Gasteiger partial charge in [0.2, 0.25) is 0 Å². The van der Waals surface area contributed by atoms with E-state index in [0.717, 1.165) is 0 Å². The predicted octanol–water partition coefficient (Wildman–Crippen LogP) is 4.19. The summed E-state index contributed by atoms with van der Waals surface area (Å²) in [6, 6.07) is 6.32. The Morgan fingerprint density at radius 3 is 2.52 bits per heavy atom. The van der Waals surface area contributed by atoms with Gasteiger partial charge < -0.3 is 4.52 Å². The molecule has 0 aliphatic rings. The van der Waals surface area contributed by atoms with E-state index in [1.54, 1.807) is 18.2 Å². The second-order valence-electron chi connectivity index (χ2n) is 5.48. The van der Waals surface area contributed by atoms with Crippen LogP contribution in [0.1, 0.15) is 26.5 Å². The maximum atomic E-state index is 12.4. The number of nitrogens with zero attached hydrogens (tertiary/aromatic N) is 1. The van der Waals surface area contributed by atoms with Gasteiger partial charge in [-0.3, -0.25) is 4.72 Å². The molecule has 8 heteroatoms. The van der Waals surface area contributed by atoms with E-state index in [4.69, 9.17) is 16.1 Å². The Kier molecular flexibility index (Phi) is 4.37. The van der Waals surface area contributed by atoms with E-state index in [-0.39, 0.29) is 21.2 Å². The van der Waals surface area contributed by atoms with Gasteiger partial charge in [-0.05, 0) is 28.1 Å². The zero-order valence-corrected chi connectivity index (χ0v) is 14.8. The molecule has 0 unspecified atom stereocenters. The van der Waals surface area contributed by atoms with Crippen molar-refractivity contribution >= 4 is 43.4 Å². The summed E-state index contributed by atoms with van der Waals surface area (Å²) in [6.45, 7) is 5.82. The number of rotatable bonds is 3. The van der Waals surface area contributed by atoms with Crippen molar-refractivity contribution in [2.24, 2.45) is 0 Å². The van der Waals surface area contributed by atoms with E-state index in [2.05, 4.69) is 25.8 Å². The van der Waals surface area contributed by atoms with E-state index in [1.165, 1.54) is 6.07 Å². The lowest BCUT2D eigenvalue weighted by Crippen LogP contribution is -2.14. The van der Waals surface area contributed by atoms with Crippen molar-refractivity contribution in [3.05, 3.63) is 39.5 Å². The molecule has 0 aliphatic carbocycles. The summed E-state index contributed by atoms with van der Waals surface area (Å²) >= 11 is 9.15. The lowest BCUT2D eigenvalue weighted by Gasteiger charge is -2.12. The van der Waals surface area contributed by atoms with Crippen molar-refractivity contribution in [3.63, 3.8) is 0 Å². The fourth-order valence-corrected chi connectivity index (χ4v) is 4.33. The fourth-order valence-electron chi connectivity index (χ4n) is 1.60. The molecule has 0 spiro atoms. The van der Waals surface area contributed by atoms with Crippen molar-refractivity contribution in [1.29, 1.82) is 0 Å². The quantitative estimate of drug-likeness (QED) is 0.848. The molecule has 21 heavy (non-hydrogen) atoms. The minimum atomic E-state index is -3.86. The van der Waals surface area contributed by atoms with Gasteiger partial charge in [0.1, 0.15) is 10.7 Å². The maximum absolute atomic E-state index is 12.4. The summed E-state index contributed by atoms with van der Waals surface area (Å²) in [7, 11) is -3.86. The minimum absolute atomic E-state index is 0.0352. The molecule has 2 rings (SSSR count). The monoisotopic (exact) mass is 392 g/mol. The van der Waals surface area contributed by atoms with E-state index >= 15 is 0 Å². The molecular formula is C13H14BrClN2O3S. The number of hydrogen-bond donors (Lipinski definition) is 1. The Balaban J connectivity index is 2.36. The molecular weight excluding hydrogens is 380 g/mol. The topological polar surface area (TPSA) is 72.2 Å². The molecule has 1 heterocycles. The van der Waals surface area contributed by atoms with Crippen LogP contribution in [-0.2, 0) is 15.4 Å². The number of halogens is 2. The largest absolute Gasteiger partial charge is 0.359 e. The average molecular weight is 394 g/mol. The average Bonchev–Trinajstić information content (AvgIpc) is 2.75. The summed E-state index contributed by atoms with van der Waals surface area (Å²) < 4.78 is 32.7. The summed E-state index contributed by atoms with van der Waals surface area (Å²) in [4.78, 5) is -0.0352. The van der Waals surface area contributed by atoms with E-state index in [0.29, 0.717) is 10.2 Å². The number of nitrogens with one attached hydrogen (secondary N) is 1. The van der Waals surface area contributed by atoms with E-state index in [1.807, 2.05) is 20.8 Å². The van der Waals surface area contributed by atoms with Gasteiger partial charge >= 0.3 is 0 Å². The third-order valence-corrected chi connectivity index (χ3v) is 5.48. The molecule has 2 aromatic rings. The van der Waals surface area contributed by atoms with Gasteiger partial charge in [0.05, 0.1) is 5.02 Å². The highest BCUT2D eigenvalue weighted by atomic mass is 79.9. The van der Waals surface area contributed by atoms with Gasteiger partial charge in [-0.1, -0.05) is 43.6 Å². The Morgan fingerprint density at radius 2 is 2.00 bits per heavy atom. The van der Waals surface area contributed by atoms with Gasteiger partial charge in [-0.25, -0.2) is 8.42 Å². The highest BCUT2D eigenvalue weighted by molar-refractivity contribution is 9.10. The first-order chi connectivity index (χ1) is 9.61. The molecule has 0 fully saturated rings.